The summed E-state index contributed by atoms with van der Waals surface area (Å²) in [5.41, 5.74) is 1.51. The van der Waals surface area contributed by atoms with Crippen LogP contribution < -0.4 is 15.4 Å². The van der Waals surface area contributed by atoms with Gasteiger partial charge in [0, 0.05) is 17.8 Å². The minimum Gasteiger partial charge on any atom is -0.489 e. The lowest BCUT2D eigenvalue weighted by molar-refractivity contribution is -0.0790. The normalized spacial score (nSPS) is 16.2. The molecule has 3 rings (SSSR count). The molecule has 0 aliphatic carbocycles. The zero-order chi connectivity index (χ0) is 20.3. The average molecular weight is 413 g/mol. The number of nitrogens with one attached hydrogen (secondary N) is 2. The topological polar surface area (TPSA) is 70.6 Å². The van der Waals surface area contributed by atoms with Crippen LogP contribution in [0.5, 0.6) is 5.75 Å². The van der Waals surface area contributed by atoms with Gasteiger partial charge in [0.25, 0.3) is 5.91 Å². The molecule has 0 fully saturated rings. The summed E-state index contributed by atoms with van der Waals surface area (Å²) >= 11 is 6.05. The van der Waals surface area contributed by atoms with E-state index in [4.69, 9.17) is 21.4 Å². The molecule has 1 aliphatic heterocycles. The molecular weight excluding hydrogens is 397 g/mol. The van der Waals surface area contributed by atoms with E-state index in [0.29, 0.717) is 23.7 Å². The lowest BCUT2D eigenvalue weighted by atomic mass is 10.1. The van der Waals surface area contributed by atoms with E-state index in [2.05, 4.69) is 10.6 Å². The minimum absolute atomic E-state index is 0.0310. The highest BCUT2D eigenvalue weighted by atomic mass is 35.5. The van der Waals surface area contributed by atoms with Gasteiger partial charge in [-0.1, -0.05) is 23.7 Å². The van der Waals surface area contributed by atoms with Gasteiger partial charge < -0.3 is 20.5 Å². The van der Waals surface area contributed by atoms with Crippen LogP contribution in [-0.2, 0) is 0 Å². The monoisotopic (exact) mass is 412 g/mol. The SMILES string of the molecule is O=C(Nc1ccc2c(c1)OCC(CO)N2)c1ccc(C=CC(F)(F)F)cc1Cl. The zero-order valence-corrected chi connectivity index (χ0v) is 15.1. The van der Waals surface area contributed by atoms with E-state index >= 15 is 0 Å². The fourth-order valence-corrected chi connectivity index (χ4v) is 2.87. The van der Waals surface area contributed by atoms with Crippen LogP contribution in [0.3, 0.4) is 0 Å². The Hall–Kier alpha value is -2.71. The number of carbonyl (C=O) groups excluding carboxylic acids is 1. The number of ether oxygens (including phenoxy) is 1. The van der Waals surface area contributed by atoms with Crippen molar-refractivity contribution in [3.63, 3.8) is 0 Å². The molecule has 0 saturated heterocycles. The summed E-state index contributed by atoms with van der Waals surface area (Å²) in [7, 11) is 0. The van der Waals surface area contributed by atoms with Crippen molar-refractivity contribution in [2.75, 3.05) is 23.8 Å². The molecule has 2 aromatic rings. The molecule has 0 bridgehead atoms. The number of aliphatic hydroxyl groups is 1. The van der Waals surface area contributed by atoms with Crippen molar-refractivity contribution in [3.8, 4) is 5.75 Å². The first-order valence-corrected chi connectivity index (χ1v) is 8.64. The van der Waals surface area contributed by atoms with E-state index in [-0.39, 0.29) is 34.9 Å². The van der Waals surface area contributed by atoms with Crippen LogP contribution in [0.25, 0.3) is 6.08 Å². The van der Waals surface area contributed by atoms with Crippen molar-refractivity contribution in [2.24, 2.45) is 0 Å². The second-order valence-electron chi connectivity index (χ2n) is 6.11. The van der Waals surface area contributed by atoms with Crippen molar-refractivity contribution in [1.29, 1.82) is 0 Å². The highest BCUT2D eigenvalue weighted by Crippen LogP contribution is 2.32. The molecule has 0 saturated carbocycles. The lowest BCUT2D eigenvalue weighted by Crippen LogP contribution is -2.34. The maximum absolute atomic E-state index is 12.4. The van der Waals surface area contributed by atoms with E-state index in [1.165, 1.54) is 18.2 Å². The molecule has 1 atom stereocenters. The molecule has 28 heavy (non-hydrogen) atoms. The summed E-state index contributed by atoms with van der Waals surface area (Å²) < 4.78 is 42.3. The summed E-state index contributed by atoms with van der Waals surface area (Å²) in [6, 6.07) is 8.81. The first-order chi connectivity index (χ1) is 13.2. The molecule has 0 radical (unpaired) electrons. The molecular formula is C19H16ClF3N2O3. The first-order valence-electron chi connectivity index (χ1n) is 8.26. The van der Waals surface area contributed by atoms with Crippen LogP contribution in [-0.4, -0.2) is 36.4 Å². The summed E-state index contributed by atoms with van der Waals surface area (Å²) in [5, 5.41) is 15.0. The molecule has 0 spiro atoms. The maximum Gasteiger partial charge on any atom is 0.409 e. The fourth-order valence-electron chi connectivity index (χ4n) is 2.60. The van der Waals surface area contributed by atoms with Crippen LogP contribution in [0.2, 0.25) is 5.02 Å². The molecule has 0 aromatic heterocycles. The third-order valence-corrected chi connectivity index (χ3v) is 4.27. The van der Waals surface area contributed by atoms with E-state index in [9.17, 15) is 18.0 Å². The molecule has 1 aliphatic rings. The van der Waals surface area contributed by atoms with Gasteiger partial charge in [0.05, 0.1) is 28.9 Å². The number of allylic oxidation sites excluding steroid dienone is 1. The van der Waals surface area contributed by atoms with Crippen LogP contribution in [0, 0.1) is 0 Å². The molecule has 9 heteroatoms. The number of alkyl halides is 3. The maximum atomic E-state index is 12.4. The molecule has 1 amide bonds. The van der Waals surface area contributed by atoms with E-state index in [0.717, 1.165) is 6.08 Å². The number of amides is 1. The first kappa shape index (κ1) is 20.0. The van der Waals surface area contributed by atoms with Gasteiger partial charge >= 0.3 is 6.18 Å². The quantitative estimate of drug-likeness (QED) is 0.699. The van der Waals surface area contributed by atoms with Gasteiger partial charge in [0.1, 0.15) is 12.4 Å². The largest absolute Gasteiger partial charge is 0.489 e. The van der Waals surface area contributed by atoms with E-state index < -0.39 is 12.1 Å². The summed E-state index contributed by atoms with van der Waals surface area (Å²) in [6.07, 6.45) is -3.45. The molecule has 1 heterocycles. The van der Waals surface area contributed by atoms with Crippen molar-refractivity contribution in [3.05, 3.63) is 58.6 Å². The molecule has 148 valence electrons. The second-order valence-corrected chi connectivity index (χ2v) is 6.52. The molecule has 2 aromatic carbocycles. The Morgan fingerprint density at radius 2 is 2.11 bits per heavy atom. The lowest BCUT2D eigenvalue weighted by Gasteiger charge is -2.26. The number of halogens is 4. The predicted octanol–water partition coefficient (Wildman–Crippen LogP) is 4.33. The van der Waals surface area contributed by atoms with Crippen LogP contribution in [0.15, 0.2) is 42.5 Å². The van der Waals surface area contributed by atoms with E-state index in [1.54, 1.807) is 18.2 Å². The van der Waals surface area contributed by atoms with E-state index in [1.807, 2.05) is 0 Å². The van der Waals surface area contributed by atoms with Crippen molar-refractivity contribution in [1.82, 2.24) is 0 Å². The second kappa shape index (κ2) is 8.12. The molecule has 3 N–H and O–H groups in total. The highest BCUT2D eigenvalue weighted by molar-refractivity contribution is 6.34. The van der Waals surface area contributed by atoms with Crippen LogP contribution in [0.1, 0.15) is 15.9 Å². The Bertz CT molecular complexity index is 916. The molecule has 5 nitrogen and oxygen atoms in total. The van der Waals surface area contributed by atoms with Crippen LogP contribution >= 0.6 is 11.6 Å². The smallest absolute Gasteiger partial charge is 0.409 e. The third-order valence-electron chi connectivity index (χ3n) is 3.96. The Balaban J connectivity index is 1.72. The summed E-state index contributed by atoms with van der Waals surface area (Å²) in [5.74, 6) is 0.0227. The Morgan fingerprint density at radius 1 is 1.32 bits per heavy atom. The summed E-state index contributed by atoms with van der Waals surface area (Å²) in [6.45, 7) is 0.226. The molecule has 1 unspecified atom stereocenters. The highest BCUT2D eigenvalue weighted by Gasteiger charge is 2.22. The van der Waals surface area contributed by atoms with Gasteiger partial charge in [-0.15, -0.1) is 0 Å². The van der Waals surface area contributed by atoms with Gasteiger partial charge in [-0.3, -0.25) is 4.79 Å². The minimum atomic E-state index is -4.43. The van der Waals surface area contributed by atoms with Crippen molar-refractivity contribution in [2.45, 2.75) is 12.2 Å². The van der Waals surface area contributed by atoms with Gasteiger partial charge in [-0.05, 0) is 29.8 Å². The number of fused-ring (bicyclic) bond motifs is 1. The van der Waals surface area contributed by atoms with Gasteiger partial charge in [0.2, 0.25) is 0 Å². The van der Waals surface area contributed by atoms with Crippen molar-refractivity contribution < 1.29 is 27.8 Å². The average Bonchev–Trinajstić information content (AvgIpc) is 2.65. The number of anilines is 2. The van der Waals surface area contributed by atoms with Crippen molar-refractivity contribution >= 4 is 35.0 Å². The standard InChI is InChI=1S/C19H16ClF3N2O3/c20-15-7-11(5-6-19(21,22)23)1-3-14(15)18(27)25-12-2-4-16-17(8-12)28-10-13(9-26)24-16/h1-8,13,24,26H,9-10H2,(H,25,27). The van der Waals surface area contributed by atoms with Crippen LogP contribution in [0.4, 0.5) is 24.5 Å². The van der Waals surface area contributed by atoms with Gasteiger partial charge in [0.15, 0.2) is 0 Å². The van der Waals surface area contributed by atoms with Gasteiger partial charge in [-0.2, -0.15) is 13.2 Å². The Labute approximate surface area is 163 Å². The fraction of sp³-hybridized carbons (Fsp3) is 0.211. The summed E-state index contributed by atoms with van der Waals surface area (Å²) in [4.78, 5) is 12.4. The Morgan fingerprint density at radius 3 is 2.79 bits per heavy atom. The predicted molar refractivity (Wildman–Crippen MR) is 101 cm³/mol. The zero-order valence-electron chi connectivity index (χ0n) is 14.4. The number of rotatable bonds is 4. The number of carbonyl (C=O) groups is 1. The van der Waals surface area contributed by atoms with Gasteiger partial charge in [-0.25, -0.2) is 0 Å². The number of hydrogen-bond acceptors (Lipinski definition) is 4. The Kier molecular flexibility index (Phi) is 5.81. The number of benzene rings is 2. The number of aliphatic hydroxyl groups excluding tert-OH is 1. The number of hydrogen-bond donors (Lipinski definition) is 3. The third kappa shape index (κ3) is 4.96.